The SMILES string of the molecule is O=C1C(O)=C(c2cccs2)C(=O)N1CC1CCCO1. The molecule has 0 aliphatic carbocycles. The van der Waals surface area contributed by atoms with Crippen LogP contribution in [0.4, 0.5) is 0 Å². The molecule has 3 rings (SSSR count). The largest absolute Gasteiger partial charge is 0.502 e. The van der Waals surface area contributed by atoms with Gasteiger partial charge in [0.1, 0.15) is 5.57 Å². The number of hydrogen-bond donors (Lipinski definition) is 1. The fourth-order valence-electron chi connectivity index (χ4n) is 2.36. The first-order valence-corrected chi connectivity index (χ1v) is 7.01. The maximum atomic E-state index is 12.3. The Balaban J connectivity index is 1.84. The zero-order valence-corrected chi connectivity index (χ0v) is 11.0. The van der Waals surface area contributed by atoms with Crippen LogP contribution in [0.15, 0.2) is 23.3 Å². The van der Waals surface area contributed by atoms with E-state index in [2.05, 4.69) is 0 Å². The maximum Gasteiger partial charge on any atom is 0.296 e. The number of aliphatic hydroxyl groups excluding tert-OH is 1. The van der Waals surface area contributed by atoms with E-state index in [4.69, 9.17) is 4.74 Å². The summed E-state index contributed by atoms with van der Waals surface area (Å²) in [5.41, 5.74) is 0.109. The summed E-state index contributed by atoms with van der Waals surface area (Å²) in [6.45, 7) is 0.884. The fraction of sp³-hybridized carbons (Fsp3) is 0.385. The molecule has 1 atom stereocenters. The zero-order valence-electron chi connectivity index (χ0n) is 10.2. The van der Waals surface area contributed by atoms with Gasteiger partial charge in [0.2, 0.25) is 0 Å². The molecule has 1 fully saturated rings. The summed E-state index contributed by atoms with van der Waals surface area (Å²) in [6.07, 6.45) is 1.67. The summed E-state index contributed by atoms with van der Waals surface area (Å²) in [5.74, 6) is -1.50. The third-order valence-corrected chi connectivity index (χ3v) is 4.21. The van der Waals surface area contributed by atoms with Gasteiger partial charge in [-0.1, -0.05) is 6.07 Å². The van der Waals surface area contributed by atoms with Gasteiger partial charge in [-0.25, -0.2) is 0 Å². The quantitative estimate of drug-likeness (QED) is 0.853. The third kappa shape index (κ3) is 2.06. The second-order valence-electron chi connectivity index (χ2n) is 4.56. The highest BCUT2D eigenvalue weighted by Gasteiger charge is 2.41. The topological polar surface area (TPSA) is 66.8 Å². The van der Waals surface area contributed by atoms with Gasteiger partial charge in [0, 0.05) is 11.5 Å². The lowest BCUT2D eigenvalue weighted by atomic mass is 10.2. The standard InChI is InChI=1S/C13H13NO4S/c15-11-10(9-4-2-6-19-9)12(16)14(13(11)17)7-8-3-1-5-18-8/h2,4,6,8,15H,1,3,5,7H2. The number of imide groups is 1. The van der Waals surface area contributed by atoms with Crippen molar-refractivity contribution in [3.8, 4) is 0 Å². The van der Waals surface area contributed by atoms with Crippen molar-refractivity contribution in [2.45, 2.75) is 18.9 Å². The first kappa shape index (κ1) is 12.4. The van der Waals surface area contributed by atoms with Crippen LogP contribution in [0.3, 0.4) is 0 Å². The molecular formula is C13H13NO4S. The Morgan fingerprint density at radius 1 is 1.42 bits per heavy atom. The molecule has 2 aliphatic rings. The highest BCUT2D eigenvalue weighted by molar-refractivity contribution is 7.11. The predicted octanol–water partition coefficient (Wildman–Crippen LogP) is 1.56. The van der Waals surface area contributed by atoms with Crippen molar-refractivity contribution >= 4 is 28.7 Å². The normalized spacial score (nSPS) is 23.8. The van der Waals surface area contributed by atoms with E-state index in [9.17, 15) is 14.7 Å². The predicted molar refractivity (Wildman–Crippen MR) is 69.6 cm³/mol. The monoisotopic (exact) mass is 279 g/mol. The lowest BCUT2D eigenvalue weighted by molar-refractivity contribution is -0.139. The number of thiophene rings is 1. The highest BCUT2D eigenvalue weighted by atomic mass is 32.1. The summed E-state index contributed by atoms with van der Waals surface area (Å²) >= 11 is 1.33. The Labute approximate surface area is 114 Å². The first-order valence-electron chi connectivity index (χ1n) is 6.13. The van der Waals surface area contributed by atoms with Gasteiger partial charge in [-0.15, -0.1) is 11.3 Å². The van der Waals surface area contributed by atoms with E-state index in [0.29, 0.717) is 11.5 Å². The van der Waals surface area contributed by atoms with Crippen LogP contribution >= 0.6 is 11.3 Å². The Kier molecular flexibility index (Phi) is 3.12. The molecule has 1 unspecified atom stereocenters. The van der Waals surface area contributed by atoms with Crippen molar-refractivity contribution < 1.29 is 19.4 Å². The Morgan fingerprint density at radius 3 is 2.89 bits per heavy atom. The van der Waals surface area contributed by atoms with Gasteiger partial charge >= 0.3 is 0 Å². The van der Waals surface area contributed by atoms with Gasteiger partial charge in [0.15, 0.2) is 5.76 Å². The third-order valence-electron chi connectivity index (χ3n) is 3.32. The van der Waals surface area contributed by atoms with Crippen molar-refractivity contribution in [1.29, 1.82) is 0 Å². The Morgan fingerprint density at radius 2 is 2.26 bits per heavy atom. The molecule has 19 heavy (non-hydrogen) atoms. The Bertz CT molecular complexity index is 543. The summed E-state index contributed by atoms with van der Waals surface area (Å²) in [6, 6.07) is 3.50. The van der Waals surface area contributed by atoms with Crippen LogP contribution in [0.25, 0.3) is 5.57 Å². The smallest absolute Gasteiger partial charge is 0.296 e. The number of nitrogens with zero attached hydrogens (tertiary/aromatic N) is 1. The van der Waals surface area contributed by atoms with Gasteiger partial charge in [0.05, 0.1) is 12.6 Å². The molecule has 0 spiro atoms. The summed E-state index contributed by atoms with van der Waals surface area (Å²) < 4.78 is 5.43. The zero-order chi connectivity index (χ0) is 13.4. The van der Waals surface area contributed by atoms with Gasteiger partial charge in [-0.3, -0.25) is 14.5 Å². The lowest BCUT2D eigenvalue weighted by Crippen LogP contribution is -2.38. The van der Waals surface area contributed by atoms with E-state index in [1.165, 1.54) is 11.3 Å². The van der Waals surface area contributed by atoms with Crippen molar-refractivity contribution in [2.24, 2.45) is 0 Å². The molecule has 100 valence electrons. The number of carbonyl (C=O) groups excluding carboxylic acids is 2. The molecule has 1 aromatic rings. The van der Waals surface area contributed by atoms with Gasteiger partial charge in [-0.2, -0.15) is 0 Å². The van der Waals surface area contributed by atoms with E-state index >= 15 is 0 Å². The Hall–Kier alpha value is -1.66. The van der Waals surface area contributed by atoms with Crippen LogP contribution in [0.1, 0.15) is 17.7 Å². The summed E-state index contributed by atoms with van der Waals surface area (Å²) in [7, 11) is 0. The first-order chi connectivity index (χ1) is 9.18. The molecule has 5 nitrogen and oxygen atoms in total. The van der Waals surface area contributed by atoms with Crippen LogP contribution in [0, 0.1) is 0 Å². The molecule has 6 heteroatoms. The minimum atomic E-state index is -0.621. The molecule has 2 aliphatic heterocycles. The van der Waals surface area contributed by atoms with E-state index in [1.807, 2.05) is 0 Å². The van der Waals surface area contributed by atoms with Crippen molar-refractivity contribution in [3.05, 3.63) is 28.1 Å². The van der Waals surface area contributed by atoms with Crippen LogP contribution < -0.4 is 0 Å². The lowest BCUT2D eigenvalue weighted by Gasteiger charge is -2.18. The maximum absolute atomic E-state index is 12.3. The second kappa shape index (κ2) is 4.79. The molecule has 1 saturated heterocycles. The van der Waals surface area contributed by atoms with E-state index in [0.717, 1.165) is 17.7 Å². The molecule has 0 saturated carbocycles. The van der Waals surface area contributed by atoms with Crippen molar-refractivity contribution in [3.63, 3.8) is 0 Å². The van der Waals surface area contributed by atoms with Crippen LogP contribution in [-0.4, -0.2) is 41.1 Å². The number of hydrogen-bond acceptors (Lipinski definition) is 5. The van der Waals surface area contributed by atoms with Gasteiger partial charge < -0.3 is 9.84 Å². The highest BCUT2D eigenvalue weighted by Crippen LogP contribution is 2.31. The molecule has 3 heterocycles. The molecule has 0 bridgehead atoms. The molecule has 2 amide bonds. The number of rotatable bonds is 3. The molecule has 1 aromatic heterocycles. The number of aliphatic hydroxyl groups is 1. The number of carbonyl (C=O) groups is 2. The fourth-order valence-corrected chi connectivity index (χ4v) is 3.13. The average Bonchev–Trinajstić information content (AvgIpc) is 3.10. The van der Waals surface area contributed by atoms with Crippen molar-refractivity contribution in [2.75, 3.05) is 13.2 Å². The van der Waals surface area contributed by atoms with E-state index in [-0.39, 0.29) is 18.2 Å². The average molecular weight is 279 g/mol. The molecule has 0 aromatic carbocycles. The van der Waals surface area contributed by atoms with Crippen LogP contribution in [-0.2, 0) is 14.3 Å². The van der Waals surface area contributed by atoms with Gasteiger partial charge in [-0.05, 0) is 24.3 Å². The van der Waals surface area contributed by atoms with Crippen LogP contribution in [0.2, 0.25) is 0 Å². The molecule has 1 N–H and O–H groups in total. The van der Waals surface area contributed by atoms with E-state index < -0.39 is 17.6 Å². The van der Waals surface area contributed by atoms with Crippen molar-refractivity contribution in [1.82, 2.24) is 4.90 Å². The summed E-state index contributed by atoms with van der Waals surface area (Å²) in [5, 5.41) is 11.7. The minimum absolute atomic E-state index is 0.108. The van der Waals surface area contributed by atoms with Crippen LogP contribution in [0.5, 0.6) is 0 Å². The number of ether oxygens (including phenoxy) is 1. The van der Waals surface area contributed by atoms with Gasteiger partial charge in [0.25, 0.3) is 11.8 Å². The minimum Gasteiger partial charge on any atom is -0.502 e. The number of amides is 2. The summed E-state index contributed by atoms with van der Waals surface area (Å²) in [4.78, 5) is 25.9. The van der Waals surface area contributed by atoms with E-state index in [1.54, 1.807) is 17.5 Å². The second-order valence-corrected chi connectivity index (χ2v) is 5.50. The molecule has 0 radical (unpaired) electrons. The molecular weight excluding hydrogens is 266 g/mol.